The molecule has 4 rings (SSSR count). The molecule has 2 aromatic rings. The summed E-state index contributed by atoms with van der Waals surface area (Å²) >= 11 is 0. The van der Waals surface area contributed by atoms with Crippen molar-refractivity contribution in [2.24, 2.45) is 0 Å². The standard InChI is InChI=1S/C22H28N6O3/c1-16-4-6-17(7-5-16)28-11-10-27(22(28)30)15-21(29)26-9-8-18(14-26)31-20-13-23-12-19(24-20)25(2)3/h4-7,12-13,18H,8-11,14-15H2,1-3H3. The number of anilines is 2. The van der Waals surface area contributed by atoms with Crippen molar-refractivity contribution in [3.8, 4) is 5.88 Å². The van der Waals surface area contributed by atoms with Crippen LogP contribution in [-0.4, -0.2) is 84.6 Å². The van der Waals surface area contributed by atoms with Gasteiger partial charge in [-0.1, -0.05) is 17.7 Å². The number of carbonyl (C=O) groups excluding carboxylic acids is 2. The Hall–Kier alpha value is -3.36. The zero-order valence-electron chi connectivity index (χ0n) is 18.2. The van der Waals surface area contributed by atoms with E-state index in [1.807, 2.05) is 50.2 Å². The van der Waals surface area contributed by atoms with Crippen LogP contribution in [0.5, 0.6) is 5.88 Å². The highest BCUT2D eigenvalue weighted by Gasteiger charge is 2.34. The van der Waals surface area contributed by atoms with E-state index in [-0.39, 0.29) is 24.6 Å². The molecule has 3 heterocycles. The van der Waals surface area contributed by atoms with E-state index in [0.717, 1.165) is 17.7 Å². The van der Waals surface area contributed by atoms with Gasteiger partial charge in [-0.05, 0) is 19.1 Å². The van der Waals surface area contributed by atoms with Crippen LogP contribution >= 0.6 is 0 Å². The first-order valence-electron chi connectivity index (χ1n) is 10.5. The van der Waals surface area contributed by atoms with Crippen LogP contribution in [0.15, 0.2) is 36.7 Å². The van der Waals surface area contributed by atoms with Gasteiger partial charge in [0.05, 0.1) is 18.9 Å². The number of rotatable bonds is 6. The molecule has 9 heteroatoms. The third-order valence-corrected chi connectivity index (χ3v) is 5.61. The van der Waals surface area contributed by atoms with E-state index in [1.165, 1.54) is 0 Å². The summed E-state index contributed by atoms with van der Waals surface area (Å²) in [7, 11) is 3.78. The first-order chi connectivity index (χ1) is 14.9. The number of urea groups is 1. The minimum Gasteiger partial charge on any atom is -0.471 e. The van der Waals surface area contributed by atoms with Gasteiger partial charge in [-0.2, -0.15) is 4.98 Å². The Morgan fingerprint density at radius 1 is 1.16 bits per heavy atom. The molecule has 1 aromatic carbocycles. The molecule has 31 heavy (non-hydrogen) atoms. The lowest BCUT2D eigenvalue weighted by Gasteiger charge is -2.22. The summed E-state index contributed by atoms with van der Waals surface area (Å²) in [5, 5.41) is 0. The van der Waals surface area contributed by atoms with Crippen molar-refractivity contribution >= 4 is 23.4 Å². The van der Waals surface area contributed by atoms with Gasteiger partial charge in [-0.25, -0.2) is 4.79 Å². The van der Waals surface area contributed by atoms with Crippen molar-refractivity contribution < 1.29 is 14.3 Å². The van der Waals surface area contributed by atoms with Crippen molar-refractivity contribution in [2.75, 3.05) is 56.6 Å². The van der Waals surface area contributed by atoms with Gasteiger partial charge in [-0.3, -0.25) is 14.7 Å². The van der Waals surface area contributed by atoms with Crippen LogP contribution in [0.4, 0.5) is 16.3 Å². The maximum atomic E-state index is 12.8. The number of aromatic nitrogens is 2. The van der Waals surface area contributed by atoms with Crippen LogP contribution < -0.4 is 14.5 Å². The smallest absolute Gasteiger partial charge is 0.325 e. The van der Waals surface area contributed by atoms with Gasteiger partial charge < -0.3 is 19.4 Å². The van der Waals surface area contributed by atoms with Crippen molar-refractivity contribution in [3.63, 3.8) is 0 Å². The third-order valence-electron chi connectivity index (χ3n) is 5.61. The van der Waals surface area contributed by atoms with Crippen molar-refractivity contribution in [1.82, 2.24) is 19.8 Å². The van der Waals surface area contributed by atoms with Gasteiger partial charge in [0.1, 0.15) is 12.6 Å². The Balaban J connectivity index is 1.30. The summed E-state index contributed by atoms with van der Waals surface area (Å²) in [4.78, 5) is 41.1. The zero-order valence-corrected chi connectivity index (χ0v) is 18.2. The molecule has 1 aromatic heterocycles. The molecule has 0 aliphatic carbocycles. The van der Waals surface area contributed by atoms with E-state index >= 15 is 0 Å². The van der Waals surface area contributed by atoms with E-state index in [2.05, 4.69) is 9.97 Å². The van der Waals surface area contributed by atoms with Crippen LogP contribution in [0.1, 0.15) is 12.0 Å². The molecule has 164 valence electrons. The number of likely N-dealkylation sites (tertiary alicyclic amines) is 1. The molecule has 0 saturated carbocycles. The van der Waals surface area contributed by atoms with E-state index < -0.39 is 0 Å². The second kappa shape index (κ2) is 8.79. The number of nitrogens with zero attached hydrogens (tertiary/aromatic N) is 6. The van der Waals surface area contributed by atoms with Gasteiger partial charge in [-0.15, -0.1) is 0 Å². The van der Waals surface area contributed by atoms with Crippen LogP contribution in [-0.2, 0) is 4.79 Å². The predicted octanol–water partition coefficient (Wildman–Crippen LogP) is 1.77. The van der Waals surface area contributed by atoms with Crippen molar-refractivity contribution in [2.45, 2.75) is 19.4 Å². The van der Waals surface area contributed by atoms with Gasteiger partial charge in [0, 0.05) is 45.8 Å². The molecule has 0 radical (unpaired) electrons. The average Bonchev–Trinajstić information content (AvgIpc) is 3.36. The van der Waals surface area contributed by atoms with Gasteiger partial charge in [0.2, 0.25) is 11.8 Å². The fourth-order valence-electron chi connectivity index (χ4n) is 3.79. The van der Waals surface area contributed by atoms with Crippen LogP contribution in [0.25, 0.3) is 0 Å². The van der Waals surface area contributed by atoms with Crippen molar-refractivity contribution in [3.05, 3.63) is 42.2 Å². The third kappa shape index (κ3) is 4.70. The zero-order chi connectivity index (χ0) is 22.0. The number of ether oxygens (including phenoxy) is 1. The highest BCUT2D eigenvalue weighted by molar-refractivity contribution is 5.96. The molecule has 0 bridgehead atoms. The van der Waals surface area contributed by atoms with E-state index in [1.54, 1.807) is 27.1 Å². The normalized spacial score (nSPS) is 18.6. The molecule has 2 aliphatic heterocycles. The first-order valence-corrected chi connectivity index (χ1v) is 10.5. The molecule has 1 atom stereocenters. The largest absolute Gasteiger partial charge is 0.471 e. The van der Waals surface area contributed by atoms with E-state index in [0.29, 0.717) is 37.9 Å². The van der Waals surface area contributed by atoms with Crippen LogP contribution in [0.2, 0.25) is 0 Å². The summed E-state index contributed by atoms with van der Waals surface area (Å²) in [6.45, 7) is 4.31. The van der Waals surface area contributed by atoms with E-state index in [9.17, 15) is 9.59 Å². The Morgan fingerprint density at radius 2 is 1.94 bits per heavy atom. The summed E-state index contributed by atoms with van der Waals surface area (Å²) in [6, 6.07) is 7.73. The SMILES string of the molecule is Cc1ccc(N2CCN(CC(=O)N3CCC(Oc4cncc(N(C)C)n4)C3)C2=O)cc1. The highest BCUT2D eigenvalue weighted by atomic mass is 16.5. The second-order valence-electron chi connectivity index (χ2n) is 8.17. The molecule has 3 amide bonds. The molecule has 0 spiro atoms. The Bertz CT molecular complexity index is 949. The summed E-state index contributed by atoms with van der Waals surface area (Å²) < 4.78 is 5.94. The minimum absolute atomic E-state index is 0.0571. The van der Waals surface area contributed by atoms with Gasteiger partial charge >= 0.3 is 6.03 Å². The fraction of sp³-hybridized carbons (Fsp3) is 0.455. The number of benzene rings is 1. The molecular formula is C22H28N6O3. The number of aryl methyl sites for hydroxylation is 1. The van der Waals surface area contributed by atoms with Crippen LogP contribution in [0.3, 0.4) is 0 Å². The summed E-state index contributed by atoms with van der Waals surface area (Å²) in [5.41, 5.74) is 2.01. The second-order valence-corrected chi connectivity index (χ2v) is 8.17. The maximum absolute atomic E-state index is 12.8. The Morgan fingerprint density at radius 3 is 2.68 bits per heavy atom. The first kappa shape index (κ1) is 20.9. The molecule has 2 fully saturated rings. The van der Waals surface area contributed by atoms with Crippen LogP contribution in [0, 0.1) is 6.92 Å². The molecule has 1 unspecified atom stereocenters. The lowest BCUT2D eigenvalue weighted by Crippen LogP contribution is -2.42. The fourth-order valence-corrected chi connectivity index (χ4v) is 3.79. The number of carbonyl (C=O) groups is 2. The molecular weight excluding hydrogens is 396 g/mol. The average molecular weight is 425 g/mol. The summed E-state index contributed by atoms with van der Waals surface area (Å²) in [6.07, 6.45) is 3.85. The topological polar surface area (TPSA) is 82.1 Å². The molecule has 2 saturated heterocycles. The summed E-state index contributed by atoms with van der Waals surface area (Å²) in [5.74, 6) is 1.11. The predicted molar refractivity (Wildman–Crippen MR) is 117 cm³/mol. The molecule has 9 nitrogen and oxygen atoms in total. The number of hydrogen-bond donors (Lipinski definition) is 0. The van der Waals surface area contributed by atoms with Crippen molar-refractivity contribution in [1.29, 1.82) is 0 Å². The lowest BCUT2D eigenvalue weighted by atomic mass is 10.2. The minimum atomic E-state index is -0.131. The Labute approximate surface area is 182 Å². The highest BCUT2D eigenvalue weighted by Crippen LogP contribution is 2.22. The van der Waals surface area contributed by atoms with E-state index in [4.69, 9.17) is 4.74 Å². The number of hydrogen-bond acceptors (Lipinski definition) is 6. The molecule has 0 N–H and O–H groups in total. The maximum Gasteiger partial charge on any atom is 0.325 e. The van der Waals surface area contributed by atoms with Gasteiger partial charge in [0.15, 0.2) is 5.82 Å². The lowest BCUT2D eigenvalue weighted by molar-refractivity contribution is -0.130. The Kier molecular flexibility index (Phi) is 5.92. The quantitative estimate of drug-likeness (QED) is 0.703. The monoisotopic (exact) mass is 424 g/mol. The van der Waals surface area contributed by atoms with Gasteiger partial charge in [0.25, 0.3) is 0 Å². The molecule has 2 aliphatic rings. The number of amides is 3.